The number of fused-ring (bicyclic) bond motifs is 1. The Hall–Kier alpha value is -2.96. The largest absolute Gasteiger partial charge is 0.497 e. The molecular weight excluding hydrogens is 321 g/mol. The van der Waals surface area contributed by atoms with Crippen molar-refractivity contribution in [3.63, 3.8) is 0 Å². The number of H-pyrrole nitrogens is 1. The van der Waals surface area contributed by atoms with Crippen LogP contribution in [0.3, 0.4) is 0 Å². The van der Waals surface area contributed by atoms with E-state index in [4.69, 9.17) is 4.74 Å². The van der Waals surface area contributed by atoms with Gasteiger partial charge in [0.2, 0.25) is 0 Å². The Morgan fingerprint density at radius 2 is 1.88 bits per heavy atom. The fourth-order valence-corrected chi connectivity index (χ4v) is 2.35. The Balaban J connectivity index is 1.98. The molecule has 0 bridgehead atoms. The fourth-order valence-electron chi connectivity index (χ4n) is 2.35. The van der Waals surface area contributed by atoms with Crippen molar-refractivity contribution in [1.82, 2.24) is 4.98 Å². The first kappa shape index (κ1) is 15.9. The summed E-state index contributed by atoms with van der Waals surface area (Å²) in [6.07, 6.45) is -4.43. The summed E-state index contributed by atoms with van der Waals surface area (Å²) in [5, 5.41) is 3.23. The first-order valence-electron chi connectivity index (χ1n) is 7.02. The van der Waals surface area contributed by atoms with Gasteiger partial charge in [-0.2, -0.15) is 13.2 Å². The van der Waals surface area contributed by atoms with Crippen molar-refractivity contribution in [3.8, 4) is 5.75 Å². The summed E-state index contributed by atoms with van der Waals surface area (Å²) >= 11 is 0. The number of methoxy groups -OCH3 is 1. The lowest BCUT2D eigenvalue weighted by molar-refractivity contribution is -0.137. The van der Waals surface area contributed by atoms with E-state index < -0.39 is 11.7 Å². The van der Waals surface area contributed by atoms with Crippen LogP contribution in [0.1, 0.15) is 5.56 Å². The van der Waals surface area contributed by atoms with E-state index in [1.807, 2.05) is 0 Å². The Labute approximate surface area is 134 Å². The normalized spacial score (nSPS) is 11.5. The van der Waals surface area contributed by atoms with Crippen molar-refractivity contribution in [2.75, 3.05) is 12.4 Å². The number of pyridine rings is 1. The lowest BCUT2D eigenvalue weighted by atomic mass is 10.2. The second kappa shape index (κ2) is 5.92. The van der Waals surface area contributed by atoms with Crippen LogP contribution in [0, 0.1) is 0 Å². The van der Waals surface area contributed by atoms with Gasteiger partial charge >= 0.3 is 6.18 Å². The highest BCUT2D eigenvalue weighted by Crippen LogP contribution is 2.31. The van der Waals surface area contributed by atoms with Crippen molar-refractivity contribution < 1.29 is 17.9 Å². The van der Waals surface area contributed by atoms with Crippen molar-refractivity contribution >= 4 is 22.4 Å². The summed E-state index contributed by atoms with van der Waals surface area (Å²) in [4.78, 5) is 15.2. The van der Waals surface area contributed by atoms with Gasteiger partial charge in [-0.15, -0.1) is 0 Å². The van der Waals surface area contributed by atoms with E-state index in [9.17, 15) is 18.0 Å². The number of rotatable bonds is 3. The molecule has 0 spiro atoms. The molecule has 0 aliphatic carbocycles. The Morgan fingerprint density at radius 1 is 1.08 bits per heavy atom. The zero-order valence-corrected chi connectivity index (χ0v) is 12.6. The third kappa shape index (κ3) is 3.19. The molecule has 0 aliphatic rings. The molecule has 2 N–H and O–H groups in total. The Kier molecular flexibility index (Phi) is 3.92. The van der Waals surface area contributed by atoms with Crippen LogP contribution in [0.2, 0.25) is 0 Å². The van der Waals surface area contributed by atoms with Crippen LogP contribution in [0.5, 0.6) is 5.75 Å². The maximum absolute atomic E-state index is 12.8. The molecule has 0 aliphatic heterocycles. The molecule has 2 aromatic carbocycles. The Morgan fingerprint density at radius 3 is 2.58 bits per heavy atom. The van der Waals surface area contributed by atoms with E-state index in [1.165, 1.54) is 25.3 Å². The van der Waals surface area contributed by atoms with Crippen LogP contribution < -0.4 is 15.5 Å². The number of nitrogens with one attached hydrogen (secondary N) is 2. The summed E-state index contributed by atoms with van der Waals surface area (Å²) in [7, 11) is 1.50. The van der Waals surface area contributed by atoms with Gasteiger partial charge in [-0.3, -0.25) is 4.79 Å². The van der Waals surface area contributed by atoms with E-state index in [2.05, 4.69) is 10.3 Å². The van der Waals surface area contributed by atoms with Gasteiger partial charge in [0.1, 0.15) is 11.6 Å². The zero-order valence-electron chi connectivity index (χ0n) is 12.6. The summed E-state index contributed by atoms with van der Waals surface area (Å²) in [5.74, 6) is 0.851. The molecule has 0 saturated carbocycles. The predicted octanol–water partition coefficient (Wildman–Crippen LogP) is 4.30. The number of ether oxygens (including phenoxy) is 1. The molecule has 0 atom stereocenters. The minimum atomic E-state index is -4.43. The van der Waals surface area contributed by atoms with Crippen molar-refractivity contribution in [2.45, 2.75) is 6.18 Å². The van der Waals surface area contributed by atoms with Crippen molar-refractivity contribution in [2.24, 2.45) is 0 Å². The second-order valence-electron chi connectivity index (χ2n) is 5.16. The number of hydrogen-bond acceptors (Lipinski definition) is 3. The van der Waals surface area contributed by atoms with E-state index in [0.29, 0.717) is 22.5 Å². The highest BCUT2D eigenvalue weighted by molar-refractivity contribution is 5.82. The number of benzene rings is 2. The molecular formula is C17H13F3N2O2. The number of aromatic amines is 1. The molecule has 124 valence electrons. The van der Waals surface area contributed by atoms with E-state index in [-0.39, 0.29) is 11.1 Å². The van der Waals surface area contributed by atoms with Crippen LogP contribution in [0.15, 0.2) is 53.3 Å². The smallest absolute Gasteiger partial charge is 0.416 e. The van der Waals surface area contributed by atoms with Gasteiger partial charge < -0.3 is 15.0 Å². The predicted molar refractivity (Wildman–Crippen MR) is 85.8 cm³/mol. The lowest BCUT2D eigenvalue weighted by Gasteiger charge is -2.11. The van der Waals surface area contributed by atoms with Crippen LogP contribution in [0.4, 0.5) is 24.7 Å². The third-order valence-corrected chi connectivity index (χ3v) is 3.51. The molecule has 0 fully saturated rings. The molecule has 3 aromatic rings. The quantitative estimate of drug-likeness (QED) is 0.751. The summed E-state index contributed by atoms with van der Waals surface area (Å²) < 4.78 is 43.3. The highest BCUT2D eigenvalue weighted by atomic mass is 19.4. The standard InChI is InChI=1S/C17H13F3N2O2/c1-24-12-5-6-14-13(8-12)15(23)9-16(22-14)21-11-4-2-3-10(7-11)17(18,19)20/h2-9H,1H3,(H2,21,22,23). The molecule has 3 rings (SSSR count). The molecule has 1 aromatic heterocycles. The lowest BCUT2D eigenvalue weighted by Crippen LogP contribution is -2.07. The molecule has 4 nitrogen and oxygen atoms in total. The summed E-state index contributed by atoms with van der Waals surface area (Å²) in [6.45, 7) is 0. The van der Waals surface area contributed by atoms with E-state index in [1.54, 1.807) is 18.2 Å². The van der Waals surface area contributed by atoms with Gasteiger partial charge in [-0.1, -0.05) is 6.07 Å². The maximum Gasteiger partial charge on any atom is 0.416 e. The number of halogens is 3. The molecule has 0 amide bonds. The third-order valence-electron chi connectivity index (χ3n) is 3.51. The molecule has 0 unspecified atom stereocenters. The number of alkyl halides is 3. The SMILES string of the molecule is COc1ccc2[nH]c(Nc3cccc(C(F)(F)F)c3)cc(=O)c2c1. The summed E-state index contributed by atoms with van der Waals surface area (Å²) in [6, 6.07) is 11.0. The highest BCUT2D eigenvalue weighted by Gasteiger charge is 2.30. The van der Waals surface area contributed by atoms with Gasteiger partial charge in [0.15, 0.2) is 5.43 Å². The summed E-state index contributed by atoms with van der Waals surface area (Å²) in [5.41, 5.74) is -0.247. The number of hydrogen-bond donors (Lipinski definition) is 2. The fraction of sp³-hybridized carbons (Fsp3) is 0.118. The van der Waals surface area contributed by atoms with Crippen LogP contribution in [-0.2, 0) is 6.18 Å². The molecule has 0 radical (unpaired) electrons. The number of anilines is 2. The van der Waals surface area contributed by atoms with Crippen molar-refractivity contribution in [1.29, 1.82) is 0 Å². The maximum atomic E-state index is 12.8. The van der Waals surface area contributed by atoms with E-state index >= 15 is 0 Å². The number of aromatic nitrogens is 1. The monoisotopic (exact) mass is 334 g/mol. The van der Waals surface area contributed by atoms with Gasteiger partial charge in [0, 0.05) is 17.1 Å². The topological polar surface area (TPSA) is 54.1 Å². The minimum Gasteiger partial charge on any atom is -0.497 e. The van der Waals surface area contributed by atoms with Gasteiger partial charge in [-0.05, 0) is 36.4 Å². The zero-order chi connectivity index (χ0) is 17.3. The first-order valence-corrected chi connectivity index (χ1v) is 7.02. The van der Waals surface area contributed by atoms with Gasteiger partial charge in [0.05, 0.1) is 18.2 Å². The first-order chi connectivity index (χ1) is 11.4. The molecule has 7 heteroatoms. The van der Waals surface area contributed by atoms with Crippen LogP contribution in [0.25, 0.3) is 10.9 Å². The van der Waals surface area contributed by atoms with E-state index in [0.717, 1.165) is 12.1 Å². The molecule has 24 heavy (non-hydrogen) atoms. The second-order valence-corrected chi connectivity index (χ2v) is 5.16. The average Bonchev–Trinajstić information content (AvgIpc) is 2.54. The average molecular weight is 334 g/mol. The van der Waals surface area contributed by atoms with Gasteiger partial charge in [-0.25, -0.2) is 0 Å². The Bertz CT molecular complexity index is 948. The molecule has 1 heterocycles. The van der Waals surface area contributed by atoms with Crippen LogP contribution in [-0.4, -0.2) is 12.1 Å². The van der Waals surface area contributed by atoms with Crippen LogP contribution >= 0.6 is 0 Å². The minimum absolute atomic E-state index is 0.230. The van der Waals surface area contributed by atoms with Crippen molar-refractivity contribution in [3.05, 3.63) is 64.3 Å². The molecule has 0 saturated heterocycles. The van der Waals surface area contributed by atoms with Gasteiger partial charge in [0.25, 0.3) is 0 Å².